The minimum absolute atomic E-state index is 0.0885. The van der Waals surface area contributed by atoms with Crippen molar-refractivity contribution >= 4 is 23.8 Å². The number of nitrogens with two attached hydrogens (primary N) is 2. The highest BCUT2D eigenvalue weighted by Gasteiger charge is 2.33. The molecular weight excluding hydrogens is 257 g/mol. The van der Waals surface area contributed by atoms with Crippen LogP contribution in [0.5, 0.6) is 0 Å². The monoisotopic (exact) mass is 264 g/mol. The van der Waals surface area contributed by atoms with Crippen LogP contribution < -0.4 is 11.5 Å². The second-order valence-electron chi connectivity index (χ2n) is 2.97. The van der Waals surface area contributed by atoms with Crippen LogP contribution in [0.4, 0.5) is 13.2 Å². The number of hydrogen-bond acceptors (Lipinski definition) is 2. The van der Waals surface area contributed by atoms with Crippen molar-refractivity contribution < 1.29 is 13.2 Å². The molecule has 92 valence electrons. The van der Waals surface area contributed by atoms with Crippen molar-refractivity contribution in [1.29, 1.82) is 0 Å². The maximum atomic E-state index is 12.6. The largest absolute Gasteiger partial charge is 0.417 e. The van der Waals surface area contributed by atoms with E-state index in [1.807, 2.05) is 0 Å². The molecule has 0 amide bonds. The highest BCUT2D eigenvalue weighted by molar-refractivity contribution is 6.33. The van der Waals surface area contributed by atoms with Crippen molar-refractivity contribution in [1.82, 2.24) is 0 Å². The Bertz CT molecular complexity index is 464. The molecule has 0 saturated heterocycles. The van der Waals surface area contributed by atoms with Crippen LogP contribution in [0.3, 0.4) is 0 Å². The lowest BCUT2D eigenvalue weighted by Gasteiger charge is -2.10. The zero-order valence-corrected chi connectivity index (χ0v) is 9.13. The summed E-state index contributed by atoms with van der Waals surface area (Å²) in [5.74, 6) is -0.359. The molecule has 0 aliphatic carbocycles. The molecule has 8 heteroatoms. The molecule has 1 aromatic rings. The van der Waals surface area contributed by atoms with Gasteiger partial charge in [0.1, 0.15) is 0 Å². The van der Waals surface area contributed by atoms with Gasteiger partial charge in [-0.1, -0.05) is 17.7 Å². The molecule has 1 aromatic carbocycles. The van der Waals surface area contributed by atoms with Gasteiger partial charge in [0, 0.05) is 5.56 Å². The molecule has 0 fully saturated rings. The Kier molecular flexibility index (Phi) is 3.95. The predicted molar refractivity (Wildman–Crippen MR) is 59.9 cm³/mol. The molecule has 0 spiro atoms. The maximum absolute atomic E-state index is 12.6. The minimum atomic E-state index is -4.52. The standard InChI is InChI=1S/C9H8ClF3N4/c10-7-3-1-2-6(9(11,12)13)5(7)4-16-17-8(14)15/h1-4H,(H4,14,15,17). The molecule has 0 aromatic heterocycles. The second-order valence-corrected chi connectivity index (χ2v) is 3.38. The van der Waals surface area contributed by atoms with Crippen LogP contribution in [-0.4, -0.2) is 12.2 Å². The van der Waals surface area contributed by atoms with E-state index < -0.39 is 11.7 Å². The quantitative estimate of drug-likeness (QED) is 0.487. The molecule has 17 heavy (non-hydrogen) atoms. The van der Waals surface area contributed by atoms with E-state index in [1.54, 1.807) is 0 Å². The summed E-state index contributed by atoms with van der Waals surface area (Å²) in [6.45, 7) is 0. The summed E-state index contributed by atoms with van der Waals surface area (Å²) >= 11 is 5.65. The highest BCUT2D eigenvalue weighted by atomic mass is 35.5. The number of benzene rings is 1. The van der Waals surface area contributed by atoms with E-state index in [2.05, 4.69) is 10.2 Å². The number of halogens is 4. The molecule has 0 atom stereocenters. The van der Waals surface area contributed by atoms with Crippen LogP contribution in [0, 0.1) is 0 Å². The normalized spacial score (nSPS) is 11.8. The molecule has 0 unspecified atom stereocenters. The van der Waals surface area contributed by atoms with E-state index in [4.69, 9.17) is 23.1 Å². The van der Waals surface area contributed by atoms with E-state index in [-0.39, 0.29) is 16.5 Å². The lowest BCUT2D eigenvalue weighted by Crippen LogP contribution is -2.21. The Labute approximate surface area is 99.8 Å². The van der Waals surface area contributed by atoms with Crippen LogP contribution in [0.25, 0.3) is 0 Å². The maximum Gasteiger partial charge on any atom is 0.417 e. The van der Waals surface area contributed by atoms with Gasteiger partial charge in [0.05, 0.1) is 16.8 Å². The zero-order valence-electron chi connectivity index (χ0n) is 8.37. The molecule has 0 radical (unpaired) electrons. The van der Waals surface area contributed by atoms with Crippen LogP contribution in [0.1, 0.15) is 11.1 Å². The van der Waals surface area contributed by atoms with Gasteiger partial charge in [-0.15, -0.1) is 5.10 Å². The number of guanidine groups is 1. The van der Waals surface area contributed by atoms with Crippen molar-refractivity contribution in [3.05, 3.63) is 34.3 Å². The van der Waals surface area contributed by atoms with E-state index in [1.165, 1.54) is 12.1 Å². The Morgan fingerprint density at radius 3 is 2.47 bits per heavy atom. The first kappa shape index (κ1) is 13.3. The first-order valence-electron chi connectivity index (χ1n) is 4.30. The number of nitrogens with zero attached hydrogens (tertiary/aromatic N) is 2. The van der Waals surface area contributed by atoms with Gasteiger partial charge in [0.25, 0.3) is 0 Å². The van der Waals surface area contributed by atoms with Crippen LogP contribution >= 0.6 is 11.6 Å². The van der Waals surface area contributed by atoms with Crippen molar-refractivity contribution in [2.45, 2.75) is 6.18 Å². The minimum Gasteiger partial charge on any atom is -0.369 e. The lowest BCUT2D eigenvalue weighted by molar-refractivity contribution is -0.137. The summed E-state index contributed by atoms with van der Waals surface area (Å²) in [4.78, 5) is 0. The van der Waals surface area contributed by atoms with Gasteiger partial charge in [0.2, 0.25) is 5.96 Å². The summed E-state index contributed by atoms with van der Waals surface area (Å²) < 4.78 is 37.8. The topological polar surface area (TPSA) is 76.8 Å². The molecular formula is C9H8ClF3N4. The van der Waals surface area contributed by atoms with Crippen molar-refractivity contribution in [2.24, 2.45) is 21.7 Å². The number of alkyl halides is 3. The molecule has 0 aliphatic rings. The van der Waals surface area contributed by atoms with Crippen molar-refractivity contribution in [2.75, 3.05) is 0 Å². The molecule has 4 nitrogen and oxygen atoms in total. The van der Waals surface area contributed by atoms with Crippen LogP contribution in [-0.2, 0) is 6.18 Å². The molecule has 0 bridgehead atoms. The van der Waals surface area contributed by atoms with Crippen molar-refractivity contribution in [3.63, 3.8) is 0 Å². The Morgan fingerprint density at radius 1 is 1.29 bits per heavy atom. The third kappa shape index (κ3) is 3.63. The summed E-state index contributed by atoms with van der Waals surface area (Å²) in [5.41, 5.74) is 8.77. The van der Waals surface area contributed by atoms with Gasteiger partial charge in [-0.05, 0) is 12.1 Å². The Morgan fingerprint density at radius 2 is 1.94 bits per heavy atom. The van der Waals surface area contributed by atoms with Crippen LogP contribution in [0.2, 0.25) is 5.02 Å². The SMILES string of the molecule is NC(N)=NN=Cc1c(Cl)cccc1C(F)(F)F. The smallest absolute Gasteiger partial charge is 0.369 e. The molecule has 4 N–H and O–H groups in total. The first-order valence-corrected chi connectivity index (χ1v) is 4.68. The number of hydrogen-bond donors (Lipinski definition) is 2. The molecule has 0 saturated carbocycles. The summed E-state index contributed by atoms with van der Waals surface area (Å²) in [7, 11) is 0. The van der Waals surface area contributed by atoms with E-state index in [0.717, 1.165) is 12.3 Å². The molecule has 1 rings (SSSR count). The molecule has 0 aliphatic heterocycles. The summed E-state index contributed by atoms with van der Waals surface area (Å²) in [5, 5.41) is 6.42. The predicted octanol–water partition coefficient (Wildman–Crippen LogP) is 1.97. The van der Waals surface area contributed by atoms with Gasteiger partial charge in [-0.3, -0.25) is 0 Å². The molecule has 0 heterocycles. The average molecular weight is 265 g/mol. The fraction of sp³-hybridized carbons (Fsp3) is 0.111. The Hall–Kier alpha value is -1.76. The average Bonchev–Trinajstić information content (AvgIpc) is 2.18. The Balaban J connectivity index is 3.22. The fourth-order valence-corrected chi connectivity index (χ4v) is 1.29. The lowest BCUT2D eigenvalue weighted by atomic mass is 10.1. The highest BCUT2D eigenvalue weighted by Crippen LogP contribution is 2.33. The summed E-state index contributed by atoms with van der Waals surface area (Å²) in [6.07, 6.45) is -3.67. The van der Waals surface area contributed by atoms with Gasteiger partial charge >= 0.3 is 6.18 Å². The van der Waals surface area contributed by atoms with Gasteiger partial charge < -0.3 is 11.5 Å². The third-order valence-corrected chi connectivity index (χ3v) is 2.05. The van der Waals surface area contributed by atoms with Crippen LogP contribution in [0.15, 0.2) is 28.4 Å². The second kappa shape index (κ2) is 5.05. The first-order chi connectivity index (χ1) is 7.82. The van der Waals surface area contributed by atoms with Gasteiger partial charge in [-0.2, -0.15) is 18.3 Å². The van der Waals surface area contributed by atoms with E-state index >= 15 is 0 Å². The van der Waals surface area contributed by atoms with E-state index in [0.29, 0.717) is 0 Å². The zero-order chi connectivity index (χ0) is 13.1. The van der Waals surface area contributed by atoms with Crippen molar-refractivity contribution in [3.8, 4) is 0 Å². The van der Waals surface area contributed by atoms with Gasteiger partial charge in [-0.25, -0.2) is 0 Å². The van der Waals surface area contributed by atoms with E-state index in [9.17, 15) is 13.2 Å². The van der Waals surface area contributed by atoms with Gasteiger partial charge in [0.15, 0.2) is 0 Å². The fourth-order valence-electron chi connectivity index (χ4n) is 1.07. The summed E-state index contributed by atoms with van der Waals surface area (Å²) in [6, 6.07) is 3.40. The number of rotatable bonds is 2. The third-order valence-electron chi connectivity index (χ3n) is 1.72.